The SMILES string of the molecule is COc1ccc(NS(=O)(=O)c2ccc3ccccc3c2)c(OC)n1. The Bertz CT molecular complexity index is 987. The van der Waals surface area contributed by atoms with Gasteiger partial charge in [-0.15, -0.1) is 0 Å². The van der Waals surface area contributed by atoms with Gasteiger partial charge in [0.05, 0.1) is 19.1 Å². The van der Waals surface area contributed by atoms with Gasteiger partial charge in [-0.3, -0.25) is 4.72 Å². The number of ether oxygens (including phenoxy) is 2. The zero-order valence-electron chi connectivity index (χ0n) is 13.2. The first-order chi connectivity index (χ1) is 11.5. The molecule has 3 aromatic rings. The molecule has 3 rings (SSSR count). The predicted molar refractivity (Wildman–Crippen MR) is 92.1 cm³/mol. The smallest absolute Gasteiger partial charge is 0.262 e. The molecule has 0 saturated carbocycles. The number of hydrogen-bond donors (Lipinski definition) is 1. The Hall–Kier alpha value is -2.80. The standard InChI is InChI=1S/C17H16N2O4S/c1-22-16-10-9-15(17(18-16)23-2)19-24(20,21)14-8-7-12-5-3-4-6-13(12)11-14/h3-11,19H,1-2H3. The highest BCUT2D eigenvalue weighted by atomic mass is 32.2. The number of fused-ring (bicyclic) bond motifs is 1. The summed E-state index contributed by atoms with van der Waals surface area (Å²) in [6.07, 6.45) is 0. The molecular weight excluding hydrogens is 328 g/mol. The van der Waals surface area contributed by atoms with Crippen LogP contribution in [0.25, 0.3) is 10.8 Å². The molecule has 24 heavy (non-hydrogen) atoms. The van der Waals surface area contributed by atoms with Crippen LogP contribution >= 0.6 is 0 Å². The van der Waals surface area contributed by atoms with Gasteiger partial charge in [0.25, 0.3) is 10.0 Å². The van der Waals surface area contributed by atoms with Crippen molar-refractivity contribution in [3.8, 4) is 11.8 Å². The molecule has 124 valence electrons. The Labute approximate surface area is 140 Å². The third-order valence-electron chi connectivity index (χ3n) is 3.51. The van der Waals surface area contributed by atoms with Gasteiger partial charge in [-0.05, 0) is 29.0 Å². The van der Waals surface area contributed by atoms with Gasteiger partial charge in [0.2, 0.25) is 11.8 Å². The highest BCUT2D eigenvalue weighted by Gasteiger charge is 2.18. The van der Waals surface area contributed by atoms with Gasteiger partial charge in [-0.25, -0.2) is 8.42 Å². The van der Waals surface area contributed by atoms with E-state index in [9.17, 15) is 8.42 Å². The van der Waals surface area contributed by atoms with Gasteiger partial charge in [0.15, 0.2) is 0 Å². The Morgan fingerprint density at radius 1 is 0.917 bits per heavy atom. The van der Waals surface area contributed by atoms with E-state index < -0.39 is 10.0 Å². The number of aromatic nitrogens is 1. The Kier molecular flexibility index (Phi) is 4.26. The summed E-state index contributed by atoms with van der Waals surface area (Å²) < 4.78 is 37.9. The van der Waals surface area contributed by atoms with E-state index in [1.54, 1.807) is 30.3 Å². The molecule has 1 heterocycles. The summed E-state index contributed by atoms with van der Waals surface area (Å²) in [6.45, 7) is 0. The molecule has 0 unspecified atom stereocenters. The molecular formula is C17H16N2O4S. The van der Waals surface area contributed by atoms with E-state index in [4.69, 9.17) is 9.47 Å². The number of sulfonamides is 1. The molecule has 0 fully saturated rings. The number of benzene rings is 2. The first-order valence-corrected chi connectivity index (χ1v) is 8.62. The van der Waals surface area contributed by atoms with Crippen LogP contribution in [-0.2, 0) is 10.0 Å². The van der Waals surface area contributed by atoms with Gasteiger partial charge in [0, 0.05) is 6.07 Å². The Balaban J connectivity index is 1.98. The third-order valence-corrected chi connectivity index (χ3v) is 4.88. The molecule has 0 saturated heterocycles. The molecule has 0 amide bonds. The number of nitrogens with one attached hydrogen (secondary N) is 1. The summed E-state index contributed by atoms with van der Waals surface area (Å²) in [7, 11) is -0.883. The van der Waals surface area contributed by atoms with E-state index in [2.05, 4.69) is 9.71 Å². The predicted octanol–water partition coefficient (Wildman–Crippen LogP) is 3.05. The number of hydrogen-bond acceptors (Lipinski definition) is 5. The molecule has 0 aliphatic carbocycles. The lowest BCUT2D eigenvalue weighted by Crippen LogP contribution is -2.14. The van der Waals surface area contributed by atoms with Crippen molar-refractivity contribution in [1.82, 2.24) is 4.98 Å². The minimum Gasteiger partial charge on any atom is -0.481 e. The largest absolute Gasteiger partial charge is 0.481 e. The van der Waals surface area contributed by atoms with Crippen LogP contribution in [0.2, 0.25) is 0 Å². The first kappa shape index (κ1) is 16.1. The van der Waals surface area contributed by atoms with Crippen LogP contribution < -0.4 is 14.2 Å². The van der Waals surface area contributed by atoms with E-state index in [1.807, 2.05) is 24.3 Å². The highest BCUT2D eigenvalue weighted by molar-refractivity contribution is 7.92. The monoisotopic (exact) mass is 344 g/mol. The van der Waals surface area contributed by atoms with Crippen LogP contribution in [0.1, 0.15) is 0 Å². The quantitative estimate of drug-likeness (QED) is 0.770. The highest BCUT2D eigenvalue weighted by Crippen LogP contribution is 2.28. The van der Waals surface area contributed by atoms with Crippen molar-refractivity contribution in [3.05, 3.63) is 54.6 Å². The van der Waals surface area contributed by atoms with E-state index >= 15 is 0 Å². The molecule has 0 radical (unpaired) electrons. The number of anilines is 1. The third kappa shape index (κ3) is 3.11. The normalized spacial score (nSPS) is 11.2. The molecule has 1 N–H and O–H groups in total. The zero-order valence-corrected chi connectivity index (χ0v) is 14.0. The van der Waals surface area contributed by atoms with Crippen molar-refractivity contribution in [3.63, 3.8) is 0 Å². The fraction of sp³-hybridized carbons (Fsp3) is 0.118. The molecule has 0 aliphatic heterocycles. The maximum absolute atomic E-state index is 12.6. The second-order valence-electron chi connectivity index (χ2n) is 5.02. The second kappa shape index (κ2) is 6.37. The second-order valence-corrected chi connectivity index (χ2v) is 6.71. The Morgan fingerprint density at radius 2 is 1.67 bits per heavy atom. The lowest BCUT2D eigenvalue weighted by molar-refractivity contribution is 0.366. The summed E-state index contributed by atoms with van der Waals surface area (Å²) >= 11 is 0. The molecule has 1 aromatic heterocycles. The van der Waals surface area contributed by atoms with Gasteiger partial charge < -0.3 is 9.47 Å². The summed E-state index contributed by atoms with van der Waals surface area (Å²) in [6, 6.07) is 15.6. The summed E-state index contributed by atoms with van der Waals surface area (Å²) in [5, 5.41) is 1.82. The fourth-order valence-corrected chi connectivity index (χ4v) is 3.40. The molecule has 7 heteroatoms. The van der Waals surface area contributed by atoms with Crippen LogP contribution in [0.15, 0.2) is 59.5 Å². The summed E-state index contributed by atoms with van der Waals surface area (Å²) in [5.41, 5.74) is 0.242. The number of methoxy groups -OCH3 is 2. The summed E-state index contributed by atoms with van der Waals surface area (Å²) in [5.74, 6) is 0.471. The Morgan fingerprint density at radius 3 is 2.38 bits per heavy atom. The van der Waals surface area contributed by atoms with Crippen LogP contribution in [0, 0.1) is 0 Å². The van der Waals surface area contributed by atoms with E-state index in [0.717, 1.165) is 10.8 Å². The number of pyridine rings is 1. The molecule has 0 aliphatic rings. The molecule has 6 nitrogen and oxygen atoms in total. The van der Waals surface area contributed by atoms with E-state index in [-0.39, 0.29) is 16.5 Å². The van der Waals surface area contributed by atoms with Crippen molar-refractivity contribution in [2.45, 2.75) is 4.90 Å². The van der Waals surface area contributed by atoms with Crippen LogP contribution in [0.3, 0.4) is 0 Å². The van der Waals surface area contributed by atoms with Crippen LogP contribution in [-0.4, -0.2) is 27.6 Å². The molecule has 2 aromatic carbocycles. The van der Waals surface area contributed by atoms with Gasteiger partial charge in [-0.2, -0.15) is 4.98 Å². The van der Waals surface area contributed by atoms with Crippen molar-refractivity contribution < 1.29 is 17.9 Å². The van der Waals surface area contributed by atoms with Crippen molar-refractivity contribution in [2.75, 3.05) is 18.9 Å². The average Bonchev–Trinajstić information content (AvgIpc) is 2.61. The van der Waals surface area contributed by atoms with Crippen LogP contribution in [0.4, 0.5) is 5.69 Å². The number of nitrogens with zero attached hydrogens (tertiary/aromatic N) is 1. The van der Waals surface area contributed by atoms with Crippen molar-refractivity contribution in [2.24, 2.45) is 0 Å². The van der Waals surface area contributed by atoms with E-state index in [0.29, 0.717) is 5.88 Å². The van der Waals surface area contributed by atoms with Gasteiger partial charge in [0.1, 0.15) is 5.69 Å². The fourth-order valence-electron chi connectivity index (χ4n) is 2.31. The minimum atomic E-state index is -3.77. The lowest BCUT2D eigenvalue weighted by Gasteiger charge is -2.12. The maximum atomic E-state index is 12.6. The topological polar surface area (TPSA) is 77.5 Å². The molecule has 0 atom stereocenters. The molecule has 0 spiro atoms. The minimum absolute atomic E-state index is 0.138. The van der Waals surface area contributed by atoms with Crippen molar-refractivity contribution >= 4 is 26.5 Å². The molecule has 0 bridgehead atoms. The van der Waals surface area contributed by atoms with E-state index in [1.165, 1.54) is 14.2 Å². The summed E-state index contributed by atoms with van der Waals surface area (Å²) in [4.78, 5) is 4.23. The van der Waals surface area contributed by atoms with Crippen LogP contribution in [0.5, 0.6) is 11.8 Å². The maximum Gasteiger partial charge on any atom is 0.262 e. The zero-order chi connectivity index (χ0) is 17.2. The van der Waals surface area contributed by atoms with Gasteiger partial charge in [-0.1, -0.05) is 30.3 Å². The number of rotatable bonds is 5. The van der Waals surface area contributed by atoms with Gasteiger partial charge >= 0.3 is 0 Å². The van der Waals surface area contributed by atoms with Crippen molar-refractivity contribution in [1.29, 1.82) is 0 Å². The average molecular weight is 344 g/mol. The first-order valence-electron chi connectivity index (χ1n) is 7.14. The lowest BCUT2D eigenvalue weighted by atomic mass is 10.1.